The third-order valence-corrected chi connectivity index (χ3v) is 10.5. The zero-order chi connectivity index (χ0) is 32.4. The fraction of sp³-hybridized carbons (Fsp3) is 0.412. The SMILES string of the molecule is CCOc1ccccc1N(CC(=O)N(Cc1cccc(OC)c1)[C@@H](CC)C(=O)NC1CCCC1)S(=O)(=O)c1ccc(SC)cc1. The first-order chi connectivity index (χ1) is 21.7. The van der Waals surface area contributed by atoms with Gasteiger partial charge < -0.3 is 19.7 Å². The second-order valence-electron chi connectivity index (χ2n) is 10.9. The van der Waals surface area contributed by atoms with Gasteiger partial charge in [-0.05, 0) is 86.5 Å². The van der Waals surface area contributed by atoms with Crippen LogP contribution in [-0.4, -0.2) is 63.7 Å². The molecule has 2 amide bonds. The summed E-state index contributed by atoms with van der Waals surface area (Å²) in [5, 5.41) is 3.14. The predicted molar refractivity (Wildman–Crippen MR) is 178 cm³/mol. The van der Waals surface area contributed by atoms with Gasteiger partial charge in [-0.3, -0.25) is 13.9 Å². The van der Waals surface area contributed by atoms with Crippen molar-refractivity contribution in [2.75, 3.05) is 30.8 Å². The number of amides is 2. The maximum atomic E-state index is 14.4. The Kier molecular flexibility index (Phi) is 12.2. The molecule has 242 valence electrons. The largest absolute Gasteiger partial charge is 0.497 e. The highest BCUT2D eigenvalue weighted by Gasteiger charge is 2.35. The van der Waals surface area contributed by atoms with Crippen LogP contribution in [0.2, 0.25) is 0 Å². The van der Waals surface area contributed by atoms with Crippen LogP contribution >= 0.6 is 11.8 Å². The lowest BCUT2D eigenvalue weighted by molar-refractivity contribution is -0.140. The highest BCUT2D eigenvalue weighted by atomic mass is 32.2. The average molecular weight is 654 g/mol. The molecule has 1 saturated carbocycles. The van der Waals surface area contributed by atoms with Gasteiger partial charge in [0.05, 0.1) is 24.3 Å². The Hall–Kier alpha value is -3.70. The Morgan fingerprint density at radius 2 is 1.71 bits per heavy atom. The molecular formula is C34H43N3O6S2. The van der Waals surface area contributed by atoms with Crippen molar-refractivity contribution in [1.29, 1.82) is 0 Å². The number of ether oxygens (including phenoxy) is 2. The number of nitrogens with one attached hydrogen (secondary N) is 1. The molecule has 1 N–H and O–H groups in total. The second kappa shape index (κ2) is 16.0. The van der Waals surface area contributed by atoms with Crippen LogP contribution in [0.3, 0.4) is 0 Å². The van der Waals surface area contributed by atoms with E-state index in [0.29, 0.717) is 24.5 Å². The molecule has 0 heterocycles. The zero-order valence-electron chi connectivity index (χ0n) is 26.4. The van der Waals surface area contributed by atoms with E-state index >= 15 is 0 Å². The molecule has 9 nitrogen and oxygen atoms in total. The van der Waals surface area contributed by atoms with Gasteiger partial charge in [-0.25, -0.2) is 8.42 Å². The van der Waals surface area contributed by atoms with Crippen molar-refractivity contribution in [2.24, 2.45) is 0 Å². The second-order valence-corrected chi connectivity index (χ2v) is 13.6. The molecule has 0 spiro atoms. The number of methoxy groups -OCH3 is 1. The molecule has 1 fully saturated rings. The predicted octanol–water partition coefficient (Wildman–Crippen LogP) is 5.88. The molecule has 0 saturated heterocycles. The Morgan fingerprint density at radius 1 is 1.00 bits per heavy atom. The Morgan fingerprint density at radius 3 is 2.36 bits per heavy atom. The molecule has 1 atom stereocenters. The van der Waals surface area contributed by atoms with Gasteiger partial charge in [-0.15, -0.1) is 11.8 Å². The van der Waals surface area contributed by atoms with E-state index in [1.807, 2.05) is 38.3 Å². The van der Waals surface area contributed by atoms with Gasteiger partial charge in [0.2, 0.25) is 11.8 Å². The fourth-order valence-electron chi connectivity index (χ4n) is 5.58. The maximum Gasteiger partial charge on any atom is 0.264 e. The summed E-state index contributed by atoms with van der Waals surface area (Å²) < 4.78 is 40.9. The van der Waals surface area contributed by atoms with Crippen molar-refractivity contribution in [3.8, 4) is 11.5 Å². The minimum absolute atomic E-state index is 0.0461. The van der Waals surface area contributed by atoms with E-state index < -0.39 is 28.5 Å². The molecule has 11 heteroatoms. The molecular weight excluding hydrogens is 611 g/mol. The summed E-state index contributed by atoms with van der Waals surface area (Å²) in [4.78, 5) is 30.6. The van der Waals surface area contributed by atoms with Gasteiger partial charge >= 0.3 is 0 Å². The molecule has 1 aliphatic carbocycles. The van der Waals surface area contributed by atoms with E-state index in [1.165, 1.54) is 16.7 Å². The van der Waals surface area contributed by atoms with Crippen LogP contribution in [0, 0.1) is 0 Å². The van der Waals surface area contributed by atoms with Gasteiger partial charge in [-0.2, -0.15) is 0 Å². The van der Waals surface area contributed by atoms with E-state index in [0.717, 1.165) is 40.4 Å². The minimum atomic E-state index is -4.23. The zero-order valence-corrected chi connectivity index (χ0v) is 28.0. The van der Waals surface area contributed by atoms with Crippen LogP contribution in [0.4, 0.5) is 5.69 Å². The van der Waals surface area contributed by atoms with Crippen molar-refractivity contribution in [3.05, 3.63) is 78.4 Å². The molecule has 0 radical (unpaired) electrons. The number of rotatable bonds is 15. The van der Waals surface area contributed by atoms with Crippen molar-refractivity contribution < 1.29 is 27.5 Å². The molecule has 45 heavy (non-hydrogen) atoms. The number of para-hydroxylation sites is 2. The van der Waals surface area contributed by atoms with Gasteiger partial charge in [0.15, 0.2) is 0 Å². The molecule has 0 aliphatic heterocycles. The lowest BCUT2D eigenvalue weighted by Gasteiger charge is -2.34. The molecule has 0 aromatic heterocycles. The Bertz CT molecular complexity index is 1540. The number of anilines is 1. The number of sulfonamides is 1. The fourth-order valence-corrected chi connectivity index (χ4v) is 7.42. The number of nitrogens with zero attached hydrogens (tertiary/aromatic N) is 2. The number of hydrogen-bond donors (Lipinski definition) is 1. The van der Waals surface area contributed by atoms with Crippen LogP contribution in [0.25, 0.3) is 0 Å². The molecule has 3 aromatic carbocycles. The quantitative estimate of drug-likeness (QED) is 0.204. The van der Waals surface area contributed by atoms with Crippen LogP contribution in [0.5, 0.6) is 11.5 Å². The van der Waals surface area contributed by atoms with Crippen molar-refractivity contribution in [2.45, 2.75) is 74.4 Å². The number of carbonyl (C=O) groups excluding carboxylic acids is 2. The van der Waals surface area contributed by atoms with Gasteiger partial charge in [0.25, 0.3) is 10.0 Å². The van der Waals surface area contributed by atoms with Crippen LogP contribution in [0.15, 0.2) is 82.6 Å². The standard InChI is InChI=1S/C34H43N3O6S2/c1-5-30(34(39)35-26-13-7-8-14-26)36(23-25-12-11-15-27(22-25)42-3)33(38)24-37(31-16-9-10-17-32(31)43-6-2)45(40,41)29-20-18-28(44-4)19-21-29/h9-12,15-22,26,30H,5-8,13-14,23-24H2,1-4H3,(H,35,39)/t30-/m0/s1. The molecule has 0 bridgehead atoms. The van der Waals surface area contributed by atoms with Crippen molar-refractivity contribution in [3.63, 3.8) is 0 Å². The lowest BCUT2D eigenvalue weighted by atomic mass is 10.1. The summed E-state index contributed by atoms with van der Waals surface area (Å²) in [6.45, 7) is 3.54. The van der Waals surface area contributed by atoms with E-state index in [4.69, 9.17) is 9.47 Å². The number of thioether (sulfide) groups is 1. The van der Waals surface area contributed by atoms with E-state index in [9.17, 15) is 18.0 Å². The average Bonchev–Trinajstić information content (AvgIpc) is 3.57. The first kappa shape index (κ1) is 34.2. The molecule has 1 aliphatic rings. The number of benzene rings is 3. The van der Waals surface area contributed by atoms with E-state index in [-0.39, 0.29) is 29.1 Å². The normalized spacial score (nSPS) is 14.0. The first-order valence-electron chi connectivity index (χ1n) is 15.3. The van der Waals surface area contributed by atoms with Crippen molar-refractivity contribution in [1.82, 2.24) is 10.2 Å². The maximum absolute atomic E-state index is 14.4. The smallest absolute Gasteiger partial charge is 0.264 e. The topological polar surface area (TPSA) is 105 Å². The van der Waals surface area contributed by atoms with Crippen molar-refractivity contribution >= 4 is 39.3 Å². The summed E-state index contributed by atoms with van der Waals surface area (Å²) in [5.74, 6) is 0.202. The minimum Gasteiger partial charge on any atom is -0.497 e. The monoisotopic (exact) mass is 653 g/mol. The molecule has 4 rings (SSSR count). The summed E-state index contributed by atoms with van der Waals surface area (Å²) in [6.07, 6.45) is 6.18. The van der Waals surface area contributed by atoms with Gasteiger partial charge in [0.1, 0.15) is 24.1 Å². The summed E-state index contributed by atoms with van der Waals surface area (Å²) in [7, 11) is -2.66. The lowest BCUT2D eigenvalue weighted by Crippen LogP contribution is -2.53. The molecule has 0 unspecified atom stereocenters. The first-order valence-corrected chi connectivity index (χ1v) is 18.0. The third-order valence-electron chi connectivity index (χ3n) is 7.93. The van der Waals surface area contributed by atoms with E-state index in [1.54, 1.807) is 61.7 Å². The van der Waals surface area contributed by atoms with Crippen LogP contribution < -0.4 is 19.1 Å². The van der Waals surface area contributed by atoms with E-state index in [2.05, 4.69) is 5.32 Å². The number of carbonyl (C=O) groups is 2. The summed E-state index contributed by atoms with van der Waals surface area (Å²) >= 11 is 1.50. The Labute approximate surface area is 271 Å². The number of hydrogen-bond acceptors (Lipinski definition) is 7. The highest BCUT2D eigenvalue weighted by Crippen LogP contribution is 2.33. The van der Waals surface area contributed by atoms with Crippen LogP contribution in [0.1, 0.15) is 51.5 Å². The highest BCUT2D eigenvalue weighted by molar-refractivity contribution is 7.98. The Balaban J connectivity index is 1.76. The summed E-state index contributed by atoms with van der Waals surface area (Å²) in [6, 6.07) is 19.9. The molecule has 3 aromatic rings. The van der Waals surface area contributed by atoms with Gasteiger partial charge in [0, 0.05) is 17.5 Å². The van der Waals surface area contributed by atoms with Crippen LogP contribution in [-0.2, 0) is 26.2 Å². The third kappa shape index (κ3) is 8.52. The summed E-state index contributed by atoms with van der Waals surface area (Å²) in [5.41, 5.74) is 0.998. The van der Waals surface area contributed by atoms with Gasteiger partial charge in [-0.1, -0.05) is 44.0 Å².